The molecule has 0 aromatic rings. The maximum Gasteiger partial charge on any atom is 0.361 e. The fraction of sp³-hybridized carbons (Fsp3) is 0.677. The molecule has 0 rings (SSSR count). The van der Waals surface area contributed by atoms with Gasteiger partial charge in [0.1, 0.15) is 13.2 Å². The number of esters is 2. The van der Waals surface area contributed by atoms with Crippen molar-refractivity contribution >= 4 is 17.9 Å². The summed E-state index contributed by atoms with van der Waals surface area (Å²) in [7, 11) is 5.95. The van der Waals surface area contributed by atoms with Gasteiger partial charge in [-0.25, -0.2) is 4.79 Å². The van der Waals surface area contributed by atoms with E-state index in [0.717, 1.165) is 96.3 Å². The summed E-state index contributed by atoms with van der Waals surface area (Å²) >= 11 is 0. The third kappa shape index (κ3) is 55.7. The standard InChI is InChI=1S/C65H109NO8/c1-6-8-10-12-14-16-18-20-22-24-26-27-28-29-30-31-32-33-34-35-36-37-38-40-42-44-46-48-50-52-54-56-63(68)74-61(60-73-65(64(69)70)71-58-57-66(3,4)5)59-72-62(67)55-53-51-49-47-45-43-41-39-25-23-21-19-17-15-13-11-9-7-2/h8,10,14,16,20,22,26-27,29-30,32-33,35-36,38,40,44,46,61,65H,6-7,9,11-13,15,17-19,21,23-25,28,31,34,37,39,41-43,45,47-60H2,1-5H3/p+1/b10-8-,16-14-,22-20-,27-26-,30-29-,33-32-,36-35-,40-38-,46-44-. The van der Waals surface area contributed by atoms with Crippen LogP contribution in [-0.2, 0) is 33.3 Å². The van der Waals surface area contributed by atoms with Crippen molar-refractivity contribution in [1.29, 1.82) is 0 Å². The van der Waals surface area contributed by atoms with E-state index in [1.54, 1.807) is 0 Å². The molecule has 0 aromatic carbocycles. The Hall–Kier alpha value is -4.05. The Labute approximate surface area is 454 Å². The number of unbranched alkanes of at least 4 members (excludes halogenated alkanes) is 20. The molecule has 74 heavy (non-hydrogen) atoms. The second kappa shape index (κ2) is 55.2. The molecule has 0 aliphatic rings. The minimum atomic E-state index is -1.52. The molecule has 0 spiro atoms. The number of quaternary nitrogens is 1. The van der Waals surface area contributed by atoms with Gasteiger partial charge in [0, 0.05) is 12.8 Å². The minimum Gasteiger partial charge on any atom is -0.477 e. The molecule has 0 fully saturated rings. The first kappa shape index (κ1) is 70.0. The lowest BCUT2D eigenvalue weighted by atomic mass is 10.0. The van der Waals surface area contributed by atoms with Gasteiger partial charge >= 0.3 is 17.9 Å². The fourth-order valence-corrected chi connectivity index (χ4v) is 7.77. The molecule has 0 saturated heterocycles. The number of hydrogen-bond donors (Lipinski definition) is 1. The number of aliphatic carboxylic acids is 1. The van der Waals surface area contributed by atoms with Gasteiger partial charge in [-0.1, -0.05) is 239 Å². The highest BCUT2D eigenvalue weighted by Gasteiger charge is 2.25. The molecule has 0 heterocycles. The Morgan fingerprint density at radius 3 is 1.15 bits per heavy atom. The summed E-state index contributed by atoms with van der Waals surface area (Å²) in [6.07, 6.45) is 73.1. The number of ether oxygens (including phenoxy) is 4. The first-order valence-corrected chi connectivity index (χ1v) is 29.6. The fourth-order valence-electron chi connectivity index (χ4n) is 7.77. The predicted octanol–water partition coefficient (Wildman–Crippen LogP) is 17.5. The number of carboxylic acid groups (broad SMARTS) is 1. The van der Waals surface area contributed by atoms with Crippen molar-refractivity contribution in [3.63, 3.8) is 0 Å². The van der Waals surface area contributed by atoms with Crippen LogP contribution >= 0.6 is 0 Å². The summed E-state index contributed by atoms with van der Waals surface area (Å²) in [5.74, 6) is -2.05. The van der Waals surface area contributed by atoms with Crippen LogP contribution in [0.5, 0.6) is 0 Å². The molecule has 0 aliphatic heterocycles. The molecule has 0 aromatic heterocycles. The second-order valence-corrected chi connectivity index (χ2v) is 20.6. The molecule has 422 valence electrons. The van der Waals surface area contributed by atoms with E-state index in [1.807, 2.05) is 21.1 Å². The van der Waals surface area contributed by atoms with Crippen LogP contribution in [-0.4, -0.2) is 87.4 Å². The summed E-state index contributed by atoms with van der Waals surface area (Å²) < 4.78 is 22.8. The SMILES string of the molecule is CC/C=C\C/C=C\C/C=C\C/C=C\C/C=C\C/C=C\C/C=C\C/C=C\C/C=C\CCCCCC(=O)OC(COC(=O)CCCCCCCCCCCCCCCCCCCC)COC(OCC[N+](C)(C)C)C(=O)O. The van der Waals surface area contributed by atoms with Crippen molar-refractivity contribution < 1.29 is 42.9 Å². The first-order chi connectivity index (χ1) is 36.1. The maximum absolute atomic E-state index is 12.9. The average molecular weight is 1030 g/mol. The molecule has 9 heteroatoms. The van der Waals surface area contributed by atoms with Gasteiger partial charge in [-0.05, 0) is 83.5 Å². The summed E-state index contributed by atoms with van der Waals surface area (Å²) in [4.78, 5) is 37.4. The average Bonchev–Trinajstić information content (AvgIpc) is 3.37. The van der Waals surface area contributed by atoms with Crippen LogP contribution in [0.25, 0.3) is 0 Å². The summed E-state index contributed by atoms with van der Waals surface area (Å²) in [6.45, 7) is 4.73. The Balaban J connectivity index is 4.34. The highest BCUT2D eigenvalue weighted by molar-refractivity contribution is 5.71. The van der Waals surface area contributed by atoms with Crippen molar-refractivity contribution in [2.45, 2.75) is 238 Å². The Bertz CT molecular complexity index is 1580. The number of likely N-dealkylation sites (N-methyl/N-ethyl adjacent to an activating group) is 1. The zero-order valence-corrected chi connectivity index (χ0v) is 48.0. The number of allylic oxidation sites excluding steroid dienone is 18. The van der Waals surface area contributed by atoms with E-state index in [0.29, 0.717) is 23.9 Å². The lowest BCUT2D eigenvalue weighted by Crippen LogP contribution is -2.40. The van der Waals surface area contributed by atoms with E-state index >= 15 is 0 Å². The summed E-state index contributed by atoms with van der Waals surface area (Å²) in [5.41, 5.74) is 0. The number of nitrogens with zero attached hydrogens (tertiary/aromatic N) is 1. The lowest BCUT2D eigenvalue weighted by Gasteiger charge is -2.25. The van der Waals surface area contributed by atoms with E-state index in [2.05, 4.69) is 123 Å². The topological polar surface area (TPSA) is 108 Å². The first-order valence-electron chi connectivity index (χ1n) is 29.6. The van der Waals surface area contributed by atoms with Crippen molar-refractivity contribution in [3.05, 3.63) is 109 Å². The summed E-state index contributed by atoms with van der Waals surface area (Å²) in [5, 5.41) is 9.70. The Morgan fingerprint density at radius 1 is 0.419 bits per heavy atom. The van der Waals surface area contributed by atoms with Crippen molar-refractivity contribution in [3.8, 4) is 0 Å². The van der Waals surface area contributed by atoms with Crippen LogP contribution in [0.1, 0.15) is 226 Å². The van der Waals surface area contributed by atoms with Crippen LogP contribution < -0.4 is 0 Å². The van der Waals surface area contributed by atoms with Gasteiger partial charge in [-0.2, -0.15) is 0 Å². The number of carbonyl (C=O) groups excluding carboxylic acids is 2. The van der Waals surface area contributed by atoms with Gasteiger partial charge in [-0.3, -0.25) is 9.59 Å². The third-order valence-corrected chi connectivity index (χ3v) is 12.3. The quantitative estimate of drug-likeness (QED) is 0.0211. The number of carbonyl (C=O) groups is 3. The van der Waals surface area contributed by atoms with E-state index in [9.17, 15) is 19.5 Å². The molecule has 0 aliphatic carbocycles. The van der Waals surface area contributed by atoms with E-state index in [1.165, 1.54) is 96.3 Å². The predicted molar refractivity (Wildman–Crippen MR) is 313 cm³/mol. The second-order valence-electron chi connectivity index (χ2n) is 20.6. The minimum absolute atomic E-state index is 0.176. The van der Waals surface area contributed by atoms with Gasteiger partial charge in [0.25, 0.3) is 6.29 Å². The Kier molecular flexibility index (Phi) is 52.2. The Morgan fingerprint density at radius 2 is 0.770 bits per heavy atom. The molecule has 0 saturated carbocycles. The molecule has 0 bridgehead atoms. The van der Waals surface area contributed by atoms with Gasteiger partial charge in [0.15, 0.2) is 6.10 Å². The molecule has 9 nitrogen and oxygen atoms in total. The zero-order chi connectivity index (χ0) is 54.1. The third-order valence-electron chi connectivity index (χ3n) is 12.3. The van der Waals surface area contributed by atoms with Crippen LogP contribution in [0.15, 0.2) is 109 Å². The van der Waals surface area contributed by atoms with Crippen molar-refractivity contribution in [2.24, 2.45) is 0 Å². The van der Waals surface area contributed by atoms with Crippen molar-refractivity contribution in [1.82, 2.24) is 0 Å². The monoisotopic (exact) mass is 1030 g/mol. The number of carboxylic acids is 1. The smallest absolute Gasteiger partial charge is 0.361 e. The molecule has 2 atom stereocenters. The molecule has 0 radical (unpaired) electrons. The van der Waals surface area contributed by atoms with Gasteiger partial charge in [0.05, 0.1) is 34.4 Å². The van der Waals surface area contributed by atoms with E-state index in [4.69, 9.17) is 18.9 Å². The largest absolute Gasteiger partial charge is 0.477 e. The van der Waals surface area contributed by atoms with Gasteiger partial charge < -0.3 is 28.5 Å². The molecular formula is C65H110NO8+. The molecule has 0 amide bonds. The van der Waals surface area contributed by atoms with Gasteiger partial charge in [0.2, 0.25) is 0 Å². The van der Waals surface area contributed by atoms with Crippen molar-refractivity contribution in [2.75, 3.05) is 47.5 Å². The summed E-state index contributed by atoms with van der Waals surface area (Å²) in [6, 6.07) is 0. The number of rotatable bonds is 53. The highest BCUT2D eigenvalue weighted by Crippen LogP contribution is 2.16. The molecule has 1 N–H and O–H groups in total. The molecule has 2 unspecified atom stereocenters. The van der Waals surface area contributed by atoms with E-state index < -0.39 is 24.3 Å². The van der Waals surface area contributed by atoms with Crippen LogP contribution in [0.3, 0.4) is 0 Å². The molecular weight excluding hydrogens is 923 g/mol. The zero-order valence-electron chi connectivity index (χ0n) is 48.0. The van der Waals surface area contributed by atoms with Crippen LogP contribution in [0.2, 0.25) is 0 Å². The normalized spacial score (nSPS) is 13.6. The van der Waals surface area contributed by atoms with Crippen LogP contribution in [0.4, 0.5) is 0 Å². The van der Waals surface area contributed by atoms with Crippen LogP contribution in [0, 0.1) is 0 Å². The van der Waals surface area contributed by atoms with E-state index in [-0.39, 0.29) is 32.2 Å². The highest BCUT2D eigenvalue weighted by atomic mass is 16.7. The number of hydrogen-bond acceptors (Lipinski definition) is 7. The lowest BCUT2D eigenvalue weighted by molar-refractivity contribution is -0.870. The maximum atomic E-state index is 12.9. The van der Waals surface area contributed by atoms with Gasteiger partial charge in [-0.15, -0.1) is 0 Å².